The van der Waals surface area contributed by atoms with Gasteiger partial charge in [0.25, 0.3) is 0 Å². The van der Waals surface area contributed by atoms with Gasteiger partial charge in [-0.25, -0.2) is 4.39 Å². The van der Waals surface area contributed by atoms with Crippen molar-refractivity contribution < 1.29 is 4.39 Å². The quantitative estimate of drug-likeness (QED) is 0.853. The van der Waals surface area contributed by atoms with Crippen LogP contribution in [0.25, 0.3) is 0 Å². The van der Waals surface area contributed by atoms with Gasteiger partial charge in [-0.1, -0.05) is 23.9 Å². The monoisotopic (exact) mass is 236 g/mol. The maximum atomic E-state index is 13.4. The third-order valence-electron chi connectivity index (χ3n) is 2.94. The Balaban J connectivity index is 1.65. The molecule has 1 saturated carbocycles. The lowest BCUT2D eigenvalue weighted by atomic mass is 10.3. The zero-order valence-electron chi connectivity index (χ0n) is 8.82. The first-order chi connectivity index (χ1) is 7.83. The van der Waals surface area contributed by atoms with Crippen LogP contribution >= 0.6 is 11.8 Å². The molecule has 0 aromatic heterocycles. The molecule has 0 radical (unpaired) electrons. The number of anilines is 1. The Labute approximate surface area is 98.3 Å². The molecule has 1 unspecified atom stereocenters. The van der Waals surface area contributed by atoms with Crippen molar-refractivity contribution in [3.05, 3.63) is 30.1 Å². The molecule has 1 aliphatic heterocycles. The maximum absolute atomic E-state index is 13.4. The van der Waals surface area contributed by atoms with E-state index in [1.807, 2.05) is 6.07 Å². The summed E-state index contributed by atoms with van der Waals surface area (Å²) in [5.74, 6) is 0.620. The molecule has 0 saturated heterocycles. The Kier molecular flexibility index (Phi) is 2.59. The first kappa shape index (κ1) is 10.1. The van der Waals surface area contributed by atoms with Crippen LogP contribution in [-0.4, -0.2) is 17.0 Å². The van der Waals surface area contributed by atoms with E-state index in [0.717, 1.165) is 17.6 Å². The lowest BCUT2D eigenvalue weighted by Gasteiger charge is -2.08. The predicted octanol–water partition coefficient (Wildman–Crippen LogP) is 3.12. The number of nitrogens with zero attached hydrogens (tertiary/aromatic N) is 1. The van der Waals surface area contributed by atoms with Crippen molar-refractivity contribution >= 4 is 22.6 Å². The molecule has 1 N–H and O–H groups in total. The summed E-state index contributed by atoms with van der Waals surface area (Å²) in [4.78, 5) is 4.42. The molecule has 1 heterocycles. The van der Waals surface area contributed by atoms with Gasteiger partial charge in [-0.15, -0.1) is 0 Å². The summed E-state index contributed by atoms with van der Waals surface area (Å²) in [6.45, 7) is 0.881. The largest absolute Gasteiger partial charge is 0.333 e. The molecule has 0 bridgehead atoms. The summed E-state index contributed by atoms with van der Waals surface area (Å²) < 4.78 is 13.4. The standard InChI is InChI=1S/C12H13FN2S/c13-9-3-1-2-4-10(9)15-12-14-7-11(16-12)8-5-6-8/h1-4,8,11H,5-7H2,(H,14,15). The summed E-state index contributed by atoms with van der Waals surface area (Å²) in [6.07, 6.45) is 2.67. The SMILES string of the molecule is Fc1ccccc1NC1=NCC(C2CC2)S1. The minimum absolute atomic E-state index is 0.222. The third kappa shape index (κ3) is 2.07. The summed E-state index contributed by atoms with van der Waals surface area (Å²) in [7, 11) is 0. The maximum Gasteiger partial charge on any atom is 0.161 e. The van der Waals surface area contributed by atoms with Gasteiger partial charge in [0.15, 0.2) is 5.17 Å². The molecule has 16 heavy (non-hydrogen) atoms. The molecule has 1 aliphatic carbocycles. The fourth-order valence-corrected chi connectivity index (χ4v) is 3.07. The first-order valence-electron chi connectivity index (χ1n) is 5.55. The fourth-order valence-electron chi connectivity index (χ4n) is 1.85. The first-order valence-corrected chi connectivity index (χ1v) is 6.43. The molecule has 1 aromatic carbocycles. The van der Waals surface area contributed by atoms with Gasteiger partial charge < -0.3 is 5.32 Å². The van der Waals surface area contributed by atoms with Gasteiger partial charge >= 0.3 is 0 Å². The number of halogens is 1. The Morgan fingerprint density at radius 3 is 2.88 bits per heavy atom. The number of amidine groups is 1. The molecule has 0 amide bonds. The molecule has 2 nitrogen and oxygen atoms in total. The molecular weight excluding hydrogens is 223 g/mol. The zero-order chi connectivity index (χ0) is 11.0. The van der Waals surface area contributed by atoms with E-state index in [1.54, 1.807) is 23.9 Å². The normalized spacial score (nSPS) is 24.3. The van der Waals surface area contributed by atoms with Crippen LogP contribution < -0.4 is 5.32 Å². The van der Waals surface area contributed by atoms with E-state index in [2.05, 4.69) is 10.3 Å². The molecular formula is C12H13FN2S. The average molecular weight is 236 g/mol. The molecule has 2 aliphatic rings. The van der Waals surface area contributed by atoms with E-state index in [4.69, 9.17) is 0 Å². The van der Waals surface area contributed by atoms with Crippen LogP contribution in [0.15, 0.2) is 29.3 Å². The van der Waals surface area contributed by atoms with Gasteiger partial charge in [0.1, 0.15) is 5.82 Å². The van der Waals surface area contributed by atoms with Crippen molar-refractivity contribution in [3.8, 4) is 0 Å². The second-order valence-corrected chi connectivity index (χ2v) is 5.47. The highest BCUT2D eigenvalue weighted by Gasteiger charge is 2.35. The van der Waals surface area contributed by atoms with Gasteiger partial charge in [-0.3, -0.25) is 4.99 Å². The minimum Gasteiger partial charge on any atom is -0.333 e. The van der Waals surface area contributed by atoms with Crippen LogP contribution in [0, 0.1) is 11.7 Å². The van der Waals surface area contributed by atoms with E-state index < -0.39 is 0 Å². The van der Waals surface area contributed by atoms with Crippen molar-refractivity contribution in [3.63, 3.8) is 0 Å². The molecule has 3 rings (SSSR count). The number of para-hydroxylation sites is 1. The summed E-state index contributed by atoms with van der Waals surface area (Å²) in [5.41, 5.74) is 0.519. The lowest BCUT2D eigenvalue weighted by Crippen LogP contribution is -2.09. The van der Waals surface area contributed by atoms with Crippen LogP contribution in [0.3, 0.4) is 0 Å². The Morgan fingerprint density at radius 2 is 2.12 bits per heavy atom. The van der Waals surface area contributed by atoms with Gasteiger partial charge in [-0.05, 0) is 30.9 Å². The number of aliphatic imine (C=N–C) groups is 1. The highest BCUT2D eigenvalue weighted by molar-refractivity contribution is 8.15. The predicted molar refractivity (Wildman–Crippen MR) is 66.4 cm³/mol. The minimum atomic E-state index is -0.222. The smallest absolute Gasteiger partial charge is 0.161 e. The van der Waals surface area contributed by atoms with E-state index in [0.29, 0.717) is 10.9 Å². The van der Waals surface area contributed by atoms with Crippen molar-refractivity contribution in [1.82, 2.24) is 0 Å². The van der Waals surface area contributed by atoms with Crippen molar-refractivity contribution in [1.29, 1.82) is 0 Å². The highest BCUT2D eigenvalue weighted by atomic mass is 32.2. The van der Waals surface area contributed by atoms with Gasteiger partial charge in [-0.2, -0.15) is 0 Å². The molecule has 1 fully saturated rings. The van der Waals surface area contributed by atoms with E-state index in [-0.39, 0.29) is 5.82 Å². The number of rotatable bonds is 2. The van der Waals surface area contributed by atoms with Gasteiger partial charge in [0.2, 0.25) is 0 Å². The number of thioether (sulfide) groups is 1. The molecule has 84 valence electrons. The Bertz CT molecular complexity index is 429. The number of nitrogens with one attached hydrogen (secondary N) is 1. The Morgan fingerprint density at radius 1 is 1.31 bits per heavy atom. The third-order valence-corrected chi connectivity index (χ3v) is 4.23. The fraction of sp³-hybridized carbons (Fsp3) is 0.417. The summed E-state index contributed by atoms with van der Waals surface area (Å²) >= 11 is 1.76. The van der Waals surface area contributed by atoms with Crippen LogP contribution in [0.4, 0.5) is 10.1 Å². The summed E-state index contributed by atoms with van der Waals surface area (Å²) in [6, 6.07) is 6.71. The Hall–Kier alpha value is -1.03. The molecule has 1 atom stereocenters. The van der Waals surface area contributed by atoms with E-state index >= 15 is 0 Å². The molecule has 4 heteroatoms. The van der Waals surface area contributed by atoms with Crippen LogP contribution in [0.2, 0.25) is 0 Å². The van der Waals surface area contributed by atoms with Crippen LogP contribution in [0.5, 0.6) is 0 Å². The van der Waals surface area contributed by atoms with Crippen LogP contribution in [0.1, 0.15) is 12.8 Å². The zero-order valence-corrected chi connectivity index (χ0v) is 9.64. The second kappa shape index (κ2) is 4.09. The van der Waals surface area contributed by atoms with Crippen LogP contribution in [-0.2, 0) is 0 Å². The van der Waals surface area contributed by atoms with Gasteiger partial charge in [0, 0.05) is 5.25 Å². The van der Waals surface area contributed by atoms with E-state index in [9.17, 15) is 4.39 Å². The van der Waals surface area contributed by atoms with E-state index in [1.165, 1.54) is 18.9 Å². The number of benzene rings is 1. The number of hydrogen-bond acceptors (Lipinski definition) is 3. The highest BCUT2D eigenvalue weighted by Crippen LogP contribution is 2.41. The topological polar surface area (TPSA) is 24.4 Å². The molecule has 1 aromatic rings. The average Bonchev–Trinajstić information content (AvgIpc) is 3.03. The lowest BCUT2D eigenvalue weighted by molar-refractivity contribution is 0.632. The van der Waals surface area contributed by atoms with Crippen molar-refractivity contribution in [2.24, 2.45) is 10.9 Å². The second-order valence-electron chi connectivity index (χ2n) is 4.24. The number of hydrogen-bond donors (Lipinski definition) is 1. The van der Waals surface area contributed by atoms with Gasteiger partial charge in [0.05, 0.1) is 12.2 Å². The molecule has 0 spiro atoms. The summed E-state index contributed by atoms with van der Waals surface area (Å²) in [5, 5.41) is 4.54. The van der Waals surface area contributed by atoms with Crippen molar-refractivity contribution in [2.45, 2.75) is 18.1 Å². The van der Waals surface area contributed by atoms with Crippen molar-refractivity contribution in [2.75, 3.05) is 11.9 Å².